The standard InChI is InChI=1S/C23H24Cl2N2O/c1-3-17(2)27(23(28)19-12-20(24)14-21(25)13-19)16-22-10-7-11-26(22)15-18-8-5-4-6-9-18/h4-14,17H,3,15-16H2,1-2H3. The Labute approximate surface area is 176 Å². The SMILES string of the molecule is CCC(C)N(Cc1cccn1Cc1ccccc1)C(=O)c1cc(Cl)cc(Cl)c1. The highest BCUT2D eigenvalue weighted by atomic mass is 35.5. The first-order valence-corrected chi connectivity index (χ1v) is 10.2. The minimum absolute atomic E-state index is 0.0637. The van der Waals surface area contributed by atoms with E-state index in [9.17, 15) is 4.79 Å². The molecular formula is C23H24Cl2N2O. The molecule has 0 aliphatic carbocycles. The molecule has 1 unspecified atom stereocenters. The molecule has 0 bridgehead atoms. The number of nitrogens with zero attached hydrogens (tertiary/aromatic N) is 2. The maximum atomic E-state index is 13.2. The number of carbonyl (C=O) groups excluding carboxylic acids is 1. The van der Waals surface area contributed by atoms with E-state index < -0.39 is 0 Å². The molecule has 0 saturated heterocycles. The average molecular weight is 415 g/mol. The molecule has 2 aromatic carbocycles. The second-order valence-electron chi connectivity index (χ2n) is 6.96. The molecule has 0 fully saturated rings. The summed E-state index contributed by atoms with van der Waals surface area (Å²) in [6, 6.07) is 19.5. The van der Waals surface area contributed by atoms with Gasteiger partial charge in [-0.25, -0.2) is 0 Å². The minimum Gasteiger partial charge on any atom is -0.345 e. The molecule has 0 N–H and O–H groups in total. The van der Waals surface area contributed by atoms with E-state index >= 15 is 0 Å². The van der Waals surface area contributed by atoms with Crippen LogP contribution in [0.5, 0.6) is 0 Å². The van der Waals surface area contributed by atoms with Crippen LogP contribution in [0.15, 0.2) is 66.9 Å². The second kappa shape index (κ2) is 9.31. The van der Waals surface area contributed by atoms with Gasteiger partial charge in [0.15, 0.2) is 0 Å². The van der Waals surface area contributed by atoms with Gasteiger partial charge in [-0.3, -0.25) is 4.79 Å². The van der Waals surface area contributed by atoms with Crippen LogP contribution in [0.3, 0.4) is 0 Å². The van der Waals surface area contributed by atoms with Gasteiger partial charge in [0, 0.05) is 40.1 Å². The third-order valence-corrected chi connectivity index (χ3v) is 5.38. The van der Waals surface area contributed by atoms with E-state index in [1.54, 1.807) is 18.2 Å². The summed E-state index contributed by atoms with van der Waals surface area (Å²) in [6.45, 7) is 5.44. The molecule has 1 heterocycles. The van der Waals surface area contributed by atoms with Gasteiger partial charge in [-0.15, -0.1) is 0 Å². The molecule has 5 heteroatoms. The monoisotopic (exact) mass is 414 g/mol. The van der Waals surface area contributed by atoms with Gasteiger partial charge < -0.3 is 9.47 Å². The van der Waals surface area contributed by atoms with Gasteiger partial charge in [-0.2, -0.15) is 0 Å². The highest BCUT2D eigenvalue weighted by Crippen LogP contribution is 2.23. The molecule has 0 radical (unpaired) electrons. The number of aromatic nitrogens is 1. The quantitative estimate of drug-likeness (QED) is 0.446. The Bertz CT molecular complexity index is 917. The van der Waals surface area contributed by atoms with E-state index in [-0.39, 0.29) is 11.9 Å². The van der Waals surface area contributed by atoms with Crippen LogP contribution in [-0.2, 0) is 13.1 Å². The Balaban J connectivity index is 1.86. The lowest BCUT2D eigenvalue weighted by Gasteiger charge is -2.29. The number of rotatable bonds is 7. The summed E-state index contributed by atoms with van der Waals surface area (Å²) in [5, 5.41) is 0.930. The van der Waals surface area contributed by atoms with Gasteiger partial charge in [0.2, 0.25) is 0 Å². The lowest BCUT2D eigenvalue weighted by atomic mass is 10.1. The number of amides is 1. The van der Waals surface area contributed by atoms with Crippen LogP contribution in [0.4, 0.5) is 0 Å². The Morgan fingerprint density at radius 1 is 1.04 bits per heavy atom. The summed E-state index contributed by atoms with van der Waals surface area (Å²) in [7, 11) is 0. The smallest absolute Gasteiger partial charge is 0.254 e. The molecule has 0 aliphatic heterocycles. The maximum absolute atomic E-state index is 13.2. The van der Waals surface area contributed by atoms with Crippen LogP contribution < -0.4 is 0 Å². The summed E-state index contributed by atoms with van der Waals surface area (Å²) in [4.78, 5) is 15.1. The molecule has 1 amide bonds. The van der Waals surface area contributed by atoms with Crippen molar-refractivity contribution in [3.63, 3.8) is 0 Å². The topological polar surface area (TPSA) is 25.2 Å². The van der Waals surface area contributed by atoms with Gasteiger partial charge in [-0.05, 0) is 49.2 Å². The van der Waals surface area contributed by atoms with Crippen molar-refractivity contribution in [3.8, 4) is 0 Å². The fourth-order valence-electron chi connectivity index (χ4n) is 3.19. The Kier molecular flexibility index (Phi) is 6.82. The van der Waals surface area contributed by atoms with Gasteiger partial charge in [0.25, 0.3) is 5.91 Å². The average Bonchev–Trinajstić information content (AvgIpc) is 3.11. The van der Waals surface area contributed by atoms with Crippen molar-refractivity contribution in [2.24, 2.45) is 0 Å². The second-order valence-corrected chi connectivity index (χ2v) is 7.83. The van der Waals surface area contributed by atoms with Crippen LogP contribution in [0.1, 0.15) is 41.9 Å². The van der Waals surface area contributed by atoms with Crippen molar-refractivity contribution in [3.05, 3.63) is 93.7 Å². The van der Waals surface area contributed by atoms with Crippen molar-refractivity contribution < 1.29 is 4.79 Å². The lowest BCUT2D eigenvalue weighted by molar-refractivity contribution is 0.0667. The minimum atomic E-state index is -0.0637. The molecule has 28 heavy (non-hydrogen) atoms. The van der Waals surface area contributed by atoms with Crippen molar-refractivity contribution in [2.75, 3.05) is 0 Å². The highest BCUT2D eigenvalue weighted by Gasteiger charge is 2.22. The third-order valence-electron chi connectivity index (χ3n) is 4.94. The van der Waals surface area contributed by atoms with E-state index in [0.717, 1.165) is 18.7 Å². The largest absolute Gasteiger partial charge is 0.345 e. The third kappa shape index (κ3) is 4.98. The Morgan fingerprint density at radius 3 is 2.36 bits per heavy atom. The Hall–Kier alpha value is -2.23. The molecule has 1 atom stereocenters. The number of carbonyl (C=O) groups is 1. The molecular weight excluding hydrogens is 391 g/mol. The first-order chi connectivity index (χ1) is 13.5. The molecule has 0 aliphatic rings. The van der Waals surface area contributed by atoms with Gasteiger partial charge in [-0.1, -0.05) is 60.5 Å². The summed E-state index contributed by atoms with van der Waals surface area (Å²) in [5.41, 5.74) is 2.83. The zero-order valence-electron chi connectivity index (χ0n) is 16.1. The first kappa shape index (κ1) is 20.5. The van der Waals surface area contributed by atoms with Crippen molar-refractivity contribution in [2.45, 2.75) is 39.4 Å². The van der Waals surface area contributed by atoms with Crippen LogP contribution >= 0.6 is 23.2 Å². The van der Waals surface area contributed by atoms with Crippen LogP contribution in [0.25, 0.3) is 0 Å². The number of benzene rings is 2. The molecule has 1 aromatic heterocycles. The lowest BCUT2D eigenvalue weighted by Crippen LogP contribution is -2.38. The van der Waals surface area contributed by atoms with E-state index in [4.69, 9.17) is 23.2 Å². The van der Waals surface area contributed by atoms with E-state index in [1.165, 1.54) is 5.56 Å². The van der Waals surface area contributed by atoms with E-state index in [2.05, 4.69) is 42.8 Å². The number of hydrogen-bond donors (Lipinski definition) is 0. The first-order valence-electron chi connectivity index (χ1n) is 9.43. The van der Waals surface area contributed by atoms with Crippen molar-refractivity contribution in [1.82, 2.24) is 9.47 Å². The molecule has 0 saturated carbocycles. The van der Waals surface area contributed by atoms with E-state index in [1.807, 2.05) is 29.2 Å². The van der Waals surface area contributed by atoms with Crippen LogP contribution in [0.2, 0.25) is 10.0 Å². The molecule has 3 aromatic rings. The normalized spacial score (nSPS) is 12.0. The van der Waals surface area contributed by atoms with Crippen molar-refractivity contribution in [1.29, 1.82) is 0 Å². The summed E-state index contributed by atoms with van der Waals surface area (Å²) >= 11 is 12.2. The summed E-state index contributed by atoms with van der Waals surface area (Å²) in [6.07, 6.45) is 2.91. The van der Waals surface area contributed by atoms with Gasteiger partial charge in [0.1, 0.15) is 0 Å². The van der Waals surface area contributed by atoms with Crippen molar-refractivity contribution >= 4 is 29.1 Å². The molecule has 3 nitrogen and oxygen atoms in total. The highest BCUT2D eigenvalue weighted by molar-refractivity contribution is 6.35. The summed E-state index contributed by atoms with van der Waals surface area (Å²) in [5.74, 6) is -0.0637. The predicted octanol–water partition coefficient (Wildman–Crippen LogP) is 6.28. The molecule has 146 valence electrons. The molecule has 0 spiro atoms. The zero-order valence-corrected chi connectivity index (χ0v) is 17.6. The number of hydrogen-bond acceptors (Lipinski definition) is 1. The summed E-state index contributed by atoms with van der Waals surface area (Å²) < 4.78 is 2.18. The van der Waals surface area contributed by atoms with E-state index in [0.29, 0.717) is 22.2 Å². The maximum Gasteiger partial charge on any atom is 0.254 e. The predicted molar refractivity (Wildman–Crippen MR) is 116 cm³/mol. The zero-order chi connectivity index (χ0) is 20.1. The van der Waals surface area contributed by atoms with Gasteiger partial charge >= 0.3 is 0 Å². The van der Waals surface area contributed by atoms with Gasteiger partial charge in [0.05, 0.1) is 6.54 Å². The Morgan fingerprint density at radius 2 is 1.71 bits per heavy atom. The van der Waals surface area contributed by atoms with Crippen LogP contribution in [0, 0.1) is 0 Å². The fourth-order valence-corrected chi connectivity index (χ4v) is 3.72. The van der Waals surface area contributed by atoms with Crippen LogP contribution in [-0.4, -0.2) is 21.4 Å². The molecule has 3 rings (SSSR count). The number of halogens is 2. The fraction of sp³-hybridized carbons (Fsp3) is 0.261.